The van der Waals surface area contributed by atoms with E-state index in [1.807, 2.05) is 12.1 Å². The molecule has 0 spiro atoms. The van der Waals surface area contributed by atoms with Gasteiger partial charge < -0.3 is 0 Å². The summed E-state index contributed by atoms with van der Waals surface area (Å²) in [6.45, 7) is 0. The van der Waals surface area contributed by atoms with Gasteiger partial charge in [-0.05, 0) is 0 Å². The van der Waals surface area contributed by atoms with Crippen LogP contribution in [0.4, 0.5) is 0 Å². The first-order valence-electron chi connectivity index (χ1n) is 3.25. The van der Waals surface area contributed by atoms with E-state index in [0.29, 0.717) is 5.56 Å². The summed E-state index contributed by atoms with van der Waals surface area (Å²) in [5.74, 6) is -0.834. The van der Waals surface area contributed by atoms with Gasteiger partial charge in [-0.2, -0.15) is 0 Å². The third-order valence-corrected chi connectivity index (χ3v) is 3.93. The second-order valence-electron chi connectivity index (χ2n) is 2.14. The van der Waals surface area contributed by atoms with Gasteiger partial charge in [-0.15, -0.1) is 0 Å². The summed E-state index contributed by atoms with van der Waals surface area (Å²) in [6.07, 6.45) is 0. The van der Waals surface area contributed by atoms with Crippen molar-refractivity contribution in [3.05, 3.63) is 29.8 Å². The first-order chi connectivity index (χ1) is 5.24. The van der Waals surface area contributed by atoms with Gasteiger partial charge in [0.25, 0.3) is 0 Å². The van der Waals surface area contributed by atoms with Crippen molar-refractivity contribution in [1.29, 1.82) is 0 Å². The summed E-state index contributed by atoms with van der Waals surface area (Å²) in [4.78, 5) is 12.7. The topological polar surface area (TPSA) is 37.3 Å². The monoisotopic (exact) mass is 256 g/mol. The van der Waals surface area contributed by atoms with Gasteiger partial charge in [-0.3, -0.25) is 0 Å². The summed E-state index contributed by atoms with van der Waals surface area (Å²) in [5, 5.41) is 8.62. The number of carboxylic acid groups (broad SMARTS) is 1. The second-order valence-corrected chi connectivity index (χ2v) is 5.21. The fourth-order valence-electron chi connectivity index (χ4n) is 0.808. The Labute approximate surface area is 75.5 Å². The van der Waals surface area contributed by atoms with Crippen molar-refractivity contribution in [3.63, 3.8) is 0 Å². The fourth-order valence-corrected chi connectivity index (χ4v) is 2.41. The molecule has 0 aromatic heterocycles. The second kappa shape index (κ2) is 3.76. The van der Waals surface area contributed by atoms with Gasteiger partial charge in [0.2, 0.25) is 0 Å². The molecule has 2 nitrogen and oxygen atoms in total. The Morgan fingerprint density at radius 1 is 1.55 bits per heavy atom. The zero-order valence-corrected chi connectivity index (χ0v) is 9.02. The number of benzene rings is 1. The molecule has 0 amide bonds. The van der Waals surface area contributed by atoms with Crippen LogP contribution in [0.15, 0.2) is 24.3 Å². The average molecular weight is 255 g/mol. The Kier molecular flexibility index (Phi) is 2.93. The van der Waals surface area contributed by atoms with Gasteiger partial charge in [-0.1, -0.05) is 0 Å². The van der Waals surface area contributed by atoms with Crippen LogP contribution in [0.3, 0.4) is 0 Å². The van der Waals surface area contributed by atoms with Gasteiger partial charge in [-0.25, -0.2) is 0 Å². The van der Waals surface area contributed by atoms with Crippen molar-refractivity contribution in [3.8, 4) is 0 Å². The van der Waals surface area contributed by atoms with Crippen molar-refractivity contribution >= 4 is 30.7 Å². The predicted molar refractivity (Wildman–Crippen MR) is 44.7 cm³/mol. The molecule has 0 atom stereocenters. The van der Waals surface area contributed by atoms with E-state index in [2.05, 4.69) is 4.94 Å². The maximum atomic E-state index is 10.5. The normalized spacial score (nSPS) is 9.55. The molecule has 0 aliphatic carbocycles. The number of carbonyl (C=O) groups is 1. The van der Waals surface area contributed by atoms with E-state index >= 15 is 0 Å². The zero-order valence-electron chi connectivity index (χ0n) is 6.16. The zero-order chi connectivity index (χ0) is 8.27. The number of hydrogen-bond donors (Lipinski definition) is 1. The van der Waals surface area contributed by atoms with Crippen LogP contribution in [0, 0.1) is 0 Å². The van der Waals surface area contributed by atoms with Crippen LogP contribution < -0.4 is 3.58 Å². The minimum absolute atomic E-state index is 0.408. The number of hydrogen-bond acceptors (Lipinski definition) is 1. The Morgan fingerprint density at radius 2 is 2.27 bits per heavy atom. The molecule has 2 radical (unpaired) electrons. The van der Waals surface area contributed by atoms with E-state index < -0.39 is 27.1 Å². The molecule has 0 heterocycles. The molecule has 0 bridgehead atoms. The molecular weight excluding hydrogens is 247 g/mol. The van der Waals surface area contributed by atoms with Crippen LogP contribution in [0.5, 0.6) is 0 Å². The summed E-state index contributed by atoms with van der Waals surface area (Å²) < 4.78 is 1.23. The quantitative estimate of drug-likeness (QED) is 0.792. The first-order valence-corrected chi connectivity index (χ1v) is 7.53. The summed E-state index contributed by atoms with van der Waals surface area (Å²) in [7, 11) is 0. The molecular formula is C8H8O2Sn. The Morgan fingerprint density at radius 3 is 2.82 bits per heavy atom. The number of aromatic carboxylic acids is 1. The van der Waals surface area contributed by atoms with E-state index in [-0.39, 0.29) is 0 Å². The first kappa shape index (κ1) is 8.58. The summed E-state index contributed by atoms with van der Waals surface area (Å²) >= 11 is -0.472. The summed E-state index contributed by atoms with van der Waals surface area (Å²) in [6, 6.07) is 7.21. The third kappa shape index (κ3) is 2.22. The van der Waals surface area contributed by atoms with Gasteiger partial charge in [0, 0.05) is 0 Å². The van der Waals surface area contributed by atoms with E-state index in [4.69, 9.17) is 5.11 Å². The van der Waals surface area contributed by atoms with Crippen LogP contribution in [0.2, 0.25) is 4.94 Å². The van der Waals surface area contributed by atoms with Crippen LogP contribution in [-0.2, 0) is 0 Å². The minimum atomic E-state index is -0.834. The Balaban J connectivity index is 3.01. The fraction of sp³-hybridized carbons (Fsp3) is 0.125. The van der Waals surface area contributed by atoms with Gasteiger partial charge in [0.15, 0.2) is 0 Å². The van der Waals surface area contributed by atoms with E-state index in [9.17, 15) is 4.79 Å². The van der Waals surface area contributed by atoms with E-state index in [0.717, 1.165) is 0 Å². The van der Waals surface area contributed by atoms with E-state index in [1.54, 1.807) is 12.1 Å². The summed E-state index contributed by atoms with van der Waals surface area (Å²) in [5.41, 5.74) is 0.408. The van der Waals surface area contributed by atoms with Crippen LogP contribution >= 0.6 is 0 Å². The Bertz CT molecular complexity index is 271. The maximum absolute atomic E-state index is 10.5. The van der Waals surface area contributed by atoms with Gasteiger partial charge in [0.1, 0.15) is 0 Å². The standard InChI is InChI=1S/C7H5O2.CH3.Sn/c8-7(9)6-4-2-1-3-5-6;;/h1-2,4-5H,(H,8,9);1H3;. The molecule has 0 aliphatic heterocycles. The number of carboxylic acids is 1. The van der Waals surface area contributed by atoms with Crippen LogP contribution in [0.1, 0.15) is 10.4 Å². The van der Waals surface area contributed by atoms with Crippen LogP contribution in [-0.4, -0.2) is 32.2 Å². The molecule has 0 fully saturated rings. The average Bonchev–Trinajstić information content (AvgIpc) is 2.05. The van der Waals surface area contributed by atoms with Crippen molar-refractivity contribution in [1.82, 2.24) is 0 Å². The molecule has 0 unspecified atom stereocenters. The molecule has 3 heteroatoms. The SMILES string of the molecule is [CH3][Sn][c]1cccc(C(=O)O)c1. The van der Waals surface area contributed by atoms with Crippen molar-refractivity contribution in [2.75, 3.05) is 0 Å². The molecule has 0 saturated heterocycles. The van der Waals surface area contributed by atoms with Crippen LogP contribution in [0.25, 0.3) is 0 Å². The predicted octanol–water partition coefficient (Wildman–Crippen LogP) is 0.762. The third-order valence-electron chi connectivity index (χ3n) is 1.40. The van der Waals surface area contributed by atoms with Crippen molar-refractivity contribution < 1.29 is 9.90 Å². The van der Waals surface area contributed by atoms with Gasteiger partial charge >= 0.3 is 75.4 Å². The van der Waals surface area contributed by atoms with Crippen molar-refractivity contribution in [2.24, 2.45) is 0 Å². The molecule has 1 N–H and O–H groups in total. The Hall–Kier alpha value is -0.511. The molecule has 1 aromatic rings. The number of rotatable bonds is 2. The molecule has 11 heavy (non-hydrogen) atoms. The van der Waals surface area contributed by atoms with E-state index in [1.165, 1.54) is 3.58 Å². The molecule has 0 saturated carbocycles. The van der Waals surface area contributed by atoms with Gasteiger partial charge in [0.05, 0.1) is 0 Å². The van der Waals surface area contributed by atoms with Crippen molar-refractivity contribution in [2.45, 2.75) is 4.94 Å². The molecule has 56 valence electrons. The molecule has 1 aromatic carbocycles. The molecule has 0 aliphatic rings. The molecule has 1 rings (SSSR count).